The maximum atomic E-state index is 5.61. The highest BCUT2D eigenvalue weighted by molar-refractivity contribution is 14.0. The van der Waals surface area contributed by atoms with Crippen molar-refractivity contribution in [1.29, 1.82) is 0 Å². The molecule has 5 nitrogen and oxygen atoms in total. The number of nitrogens with one attached hydrogen (secondary N) is 1. The number of ether oxygens (including phenoxy) is 2. The van der Waals surface area contributed by atoms with Crippen molar-refractivity contribution in [2.75, 3.05) is 46.5 Å². The topological polar surface area (TPSA) is 46.1 Å². The van der Waals surface area contributed by atoms with E-state index in [1.807, 2.05) is 6.92 Å². The quantitative estimate of drug-likeness (QED) is 0.709. The molecule has 2 heterocycles. The van der Waals surface area contributed by atoms with E-state index in [1.165, 1.54) is 5.56 Å². The van der Waals surface area contributed by atoms with Crippen molar-refractivity contribution in [3.05, 3.63) is 29.8 Å². The summed E-state index contributed by atoms with van der Waals surface area (Å²) in [5, 5.41) is 3.57. The van der Waals surface area contributed by atoms with Crippen molar-refractivity contribution in [2.45, 2.75) is 25.2 Å². The van der Waals surface area contributed by atoms with Crippen LogP contribution in [0.5, 0.6) is 5.75 Å². The van der Waals surface area contributed by atoms with E-state index < -0.39 is 0 Å². The fraction of sp³-hybridized carbons (Fsp3) is 0.611. The van der Waals surface area contributed by atoms with Crippen LogP contribution in [0.3, 0.4) is 0 Å². The average Bonchev–Trinajstić information content (AvgIpc) is 3.00. The second kappa shape index (κ2) is 8.89. The third-order valence-electron chi connectivity index (χ3n) is 4.87. The van der Waals surface area contributed by atoms with Crippen LogP contribution in [0.4, 0.5) is 0 Å². The zero-order chi connectivity index (χ0) is 16.1. The monoisotopic (exact) mass is 445 g/mol. The van der Waals surface area contributed by atoms with Gasteiger partial charge in [0.05, 0.1) is 13.2 Å². The first kappa shape index (κ1) is 19.3. The highest BCUT2D eigenvalue weighted by atomic mass is 127. The summed E-state index contributed by atoms with van der Waals surface area (Å²) in [6.45, 7) is 7.13. The Morgan fingerprint density at radius 1 is 1.25 bits per heavy atom. The number of benzene rings is 1. The minimum Gasteiger partial charge on any atom is -0.494 e. The molecule has 6 heteroatoms. The molecule has 0 amide bonds. The van der Waals surface area contributed by atoms with Crippen molar-refractivity contribution >= 4 is 29.9 Å². The lowest BCUT2D eigenvalue weighted by atomic mass is 9.74. The van der Waals surface area contributed by atoms with E-state index >= 15 is 0 Å². The molecule has 0 saturated carbocycles. The van der Waals surface area contributed by atoms with Crippen molar-refractivity contribution in [1.82, 2.24) is 10.2 Å². The number of hydrogen-bond donors (Lipinski definition) is 1. The van der Waals surface area contributed by atoms with Crippen molar-refractivity contribution in [3.8, 4) is 5.75 Å². The molecule has 0 aliphatic carbocycles. The Bertz CT molecular complexity index is 542. The first-order valence-corrected chi connectivity index (χ1v) is 8.54. The summed E-state index contributed by atoms with van der Waals surface area (Å²) in [6, 6.07) is 8.57. The molecule has 0 unspecified atom stereocenters. The Morgan fingerprint density at radius 2 is 1.96 bits per heavy atom. The number of aliphatic imine (C=N–C) groups is 1. The van der Waals surface area contributed by atoms with Crippen LogP contribution in [0, 0.1) is 0 Å². The first-order chi connectivity index (χ1) is 11.2. The third kappa shape index (κ3) is 4.33. The number of likely N-dealkylation sites (N-methyl/N-ethyl adjacent to an activating group) is 1. The SMILES string of the molecule is CCOc1ccc(C2(CNC3=NCCN3C)CCOCC2)cc1.I. The van der Waals surface area contributed by atoms with Crippen LogP contribution < -0.4 is 10.1 Å². The highest BCUT2D eigenvalue weighted by Crippen LogP contribution is 2.35. The van der Waals surface area contributed by atoms with Gasteiger partial charge in [0.2, 0.25) is 0 Å². The van der Waals surface area contributed by atoms with E-state index in [-0.39, 0.29) is 29.4 Å². The van der Waals surface area contributed by atoms with Gasteiger partial charge >= 0.3 is 0 Å². The van der Waals surface area contributed by atoms with Crippen LogP contribution in [-0.2, 0) is 10.2 Å². The van der Waals surface area contributed by atoms with Gasteiger partial charge in [-0.15, -0.1) is 24.0 Å². The molecule has 2 aliphatic rings. The number of guanidine groups is 1. The summed E-state index contributed by atoms with van der Waals surface area (Å²) in [4.78, 5) is 6.73. The molecular formula is C18H28IN3O2. The molecule has 134 valence electrons. The van der Waals surface area contributed by atoms with Crippen LogP contribution in [-0.4, -0.2) is 57.4 Å². The molecule has 1 aromatic carbocycles. The molecule has 0 aromatic heterocycles. The fourth-order valence-electron chi connectivity index (χ4n) is 3.37. The smallest absolute Gasteiger partial charge is 0.193 e. The van der Waals surface area contributed by atoms with Gasteiger partial charge in [-0.1, -0.05) is 12.1 Å². The fourth-order valence-corrected chi connectivity index (χ4v) is 3.37. The molecule has 1 fully saturated rings. The third-order valence-corrected chi connectivity index (χ3v) is 4.87. The minimum atomic E-state index is 0. The largest absolute Gasteiger partial charge is 0.494 e. The lowest BCUT2D eigenvalue weighted by Gasteiger charge is -2.38. The van der Waals surface area contributed by atoms with Gasteiger partial charge in [-0.05, 0) is 37.5 Å². The zero-order valence-corrected chi connectivity index (χ0v) is 16.9. The molecule has 1 saturated heterocycles. The lowest BCUT2D eigenvalue weighted by molar-refractivity contribution is 0.0512. The molecule has 24 heavy (non-hydrogen) atoms. The highest BCUT2D eigenvalue weighted by Gasteiger charge is 2.35. The van der Waals surface area contributed by atoms with Gasteiger partial charge in [0, 0.05) is 38.8 Å². The van der Waals surface area contributed by atoms with E-state index in [1.54, 1.807) is 0 Å². The summed E-state index contributed by atoms with van der Waals surface area (Å²) in [6.07, 6.45) is 2.07. The number of nitrogens with zero attached hydrogens (tertiary/aromatic N) is 2. The van der Waals surface area contributed by atoms with Gasteiger partial charge < -0.3 is 19.7 Å². The number of rotatable bonds is 5. The lowest BCUT2D eigenvalue weighted by Crippen LogP contribution is -2.47. The van der Waals surface area contributed by atoms with E-state index in [2.05, 4.69) is 46.5 Å². The normalized spacial score (nSPS) is 19.4. The zero-order valence-electron chi connectivity index (χ0n) is 14.6. The van der Waals surface area contributed by atoms with Crippen LogP contribution >= 0.6 is 24.0 Å². The Kier molecular flexibility index (Phi) is 7.16. The summed E-state index contributed by atoms with van der Waals surface area (Å²) < 4.78 is 11.2. The van der Waals surface area contributed by atoms with E-state index in [0.29, 0.717) is 6.61 Å². The first-order valence-electron chi connectivity index (χ1n) is 8.54. The van der Waals surface area contributed by atoms with Crippen LogP contribution in [0.2, 0.25) is 0 Å². The van der Waals surface area contributed by atoms with Gasteiger partial charge in [-0.25, -0.2) is 0 Å². The second-order valence-electron chi connectivity index (χ2n) is 6.33. The predicted molar refractivity (Wildman–Crippen MR) is 108 cm³/mol. The van der Waals surface area contributed by atoms with Crippen LogP contribution in [0.25, 0.3) is 0 Å². The standard InChI is InChI=1S/C18H27N3O2.HI/c1-3-23-16-6-4-15(5-7-16)18(8-12-22-13-9-18)14-20-17-19-10-11-21(17)2;/h4-7H,3,8-14H2,1-2H3,(H,19,20);1H. The van der Waals surface area contributed by atoms with Gasteiger partial charge in [-0.3, -0.25) is 4.99 Å². The molecule has 0 radical (unpaired) electrons. The molecule has 1 N–H and O–H groups in total. The Balaban J connectivity index is 0.00000208. The number of hydrogen-bond acceptors (Lipinski definition) is 5. The van der Waals surface area contributed by atoms with E-state index in [9.17, 15) is 0 Å². The summed E-state index contributed by atoms with van der Waals surface area (Å²) in [5.74, 6) is 1.95. The average molecular weight is 445 g/mol. The summed E-state index contributed by atoms with van der Waals surface area (Å²) >= 11 is 0. The maximum Gasteiger partial charge on any atom is 0.193 e. The Morgan fingerprint density at radius 3 is 2.54 bits per heavy atom. The van der Waals surface area contributed by atoms with Crippen molar-refractivity contribution in [3.63, 3.8) is 0 Å². The number of halogens is 1. The minimum absolute atomic E-state index is 0. The molecule has 1 aromatic rings. The van der Waals surface area contributed by atoms with Crippen LogP contribution in [0.15, 0.2) is 29.3 Å². The molecule has 0 atom stereocenters. The maximum absolute atomic E-state index is 5.61. The van der Waals surface area contributed by atoms with E-state index in [4.69, 9.17) is 9.47 Å². The van der Waals surface area contributed by atoms with Gasteiger partial charge in [-0.2, -0.15) is 0 Å². The van der Waals surface area contributed by atoms with Crippen molar-refractivity contribution in [2.24, 2.45) is 4.99 Å². The van der Waals surface area contributed by atoms with Gasteiger partial charge in [0.1, 0.15) is 5.75 Å². The van der Waals surface area contributed by atoms with Gasteiger partial charge in [0.25, 0.3) is 0 Å². The molecule has 3 rings (SSSR count). The molecule has 2 aliphatic heterocycles. The van der Waals surface area contributed by atoms with E-state index in [0.717, 1.165) is 57.4 Å². The predicted octanol–water partition coefficient (Wildman–Crippen LogP) is 2.64. The second-order valence-corrected chi connectivity index (χ2v) is 6.33. The van der Waals surface area contributed by atoms with Crippen molar-refractivity contribution < 1.29 is 9.47 Å². The molecular weight excluding hydrogens is 417 g/mol. The summed E-state index contributed by atoms with van der Waals surface area (Å²) in [7, 11) is 2.09. The Hall–Kier alpha value is -1.02. The molecule has 0 bridgehead atoms. The Labute approximate surface area is 161 Å². The summed E-state index contributed by atoms with van der Waals surface area (Å²) in [5.41, 5.74) is 1.47. The van der Waals surface area contributed by atoms with Gasteiger partial charge in [0.15, 0.2) is 5.96 Å². The van der Waals surface area contributed by atoms with Crippen LogP contribution in [0.1, 0.15) is 25.3 Å². The molecule has 0 spiro atoms.